The van der Waals surface area contributed by atoms with E-state index in [0.717, 1.165) is 23.2 Å². The van der Waals surface area contributed by atoms with Crippen LogP contribution in [0.2, 0.25) is 0 Å². The van der Waals surface area contributed by atoms with Crippen LogP contribution in [0.15, 0.2) is 42.7 Å². The summed E-state index contributed by atoms with van der Waals surface area (Å²) in [5, 5.41) is 10.1. The Hall–Kier alpha value is -2.34. The molecule has 3 rings (SSSR count). The summed E-state index contributed by atoms with van der Waals surface area (Å²) in [7, 11) is 0. The first kappa shape index (κ1) is 13.6. The van der Waals surface area contributed by atoms with Crippen molar-refractivity contribution in [3.8, 4) is 0 Å². The Balaban J connectivity index is 1.93. The molecule has 1 heterocycles. The topological polar surface area (TPSA) is 38.0 Å². The van der Waals surface area contributed by atoms with Gasteiger partial charge in [0, 0.05) is 5.56 Å². The molecule has 0 aliphatic rings. The van der Waals surface area contributed by atoms with Crippen molar-refractivity contribution in [1.29, 1.82) is 0 Å². The van der Waals surface area contributed by atoms with E-state index in [9.17, 15) is 18.3 Å². The lowest BCUT2D eigenvalue weighted by molar-refractivity contribution is 0.152. The summed E-state index contributed by atoms with van der Waals surface area (Å²) in [4.78, 5) is 4.14. The van der Waals surface area contributed by atoms with Gasteiger partial charge in [0.2, 0.25) is 0 Å². The van der Waals surface area contributed by atoms with Crippen molar-refractivity contribution < 1.29 is 18.3 Å². The van der Waals surface area contributed by atoms with Crippen molar-refractivity contribution >= 4 is 11.0 Å². The zero-order valence-electron chi connectivity index (χ0n) is 10.8. The number of aliphatic hydroxyl groups is 1. The van der Waals surface area contributed by atoms with Crippen LogP contribution in [-0.2, 0) is 6.54 Å². The largest absolute Gasteiger partial charge is 0.386 e. The highest BCUT2D eigenvalue weighted by atomic mass is 19.2. The van der Waals surface area contributed by atoms with Gasteiger partial charge < -0.3 is 9.67 Å². The molecule has 0 spiro atoms. The first-order chi connectivity index (χ1) is 10.1. The number of aromatic nitrogens is 2. The third kappa shape index (κ3) is 2.38. The predicted octanol–water partition coefficient (Wildman–Crippen LogP) is 3.19. The Morgan fingerprint density at radius 1 is 1.05 bits per heavy atom. The highest BCUT2D eigenvalue weighted by Crippen LogP contribution is 2.24. The number of benzene rings is 2. The van der Waals surface area contributed by atoms with Crippen LogP contribution in [0.5, 0.6) is 0 Å². The normalized spacial score (nSPS) is 12.8. The zero-order valence-corrected chi connectivity index (χ0v) is 10.8. The van der Waals surface area contributed by atoms with Crippen LogP contribution in [0.25, 0.3) is 11.0 Å². The average molecular weight is 292 g/mol. The Morgan fingerprint density at radius 3 is 2.62 bits per heavy atom. The molecule has 0 bridgehead atoms. The highest BCUT2D eigenvalue weighted by Gasteiger charge is 2.20. The van der Waals surface area contributed by atoms with Gasteiger partial charge >= 0.3 is 0 Å². The van der Waals surface area contributed by atoms with Crippen molar-refractivity contribution in [3.63, 3.8) is 0 Å². The van der Waals surface area contributed by atoms with Gasteiger partial charge in [0.25, 0.3) is 0 Å². The fourth-order valence-corrected chi connectivity index (χ4v) is 2.24. The third-order valence-corrected chi connectivity index (χ3v) is 3.32. The SMILES string of the molecule is OC(Cn1cnc2ccccc21)c1ccc(F)c(F)c1F. The van der Waals surface area contributed by atoms with E-state index in [-0.39, 0.29) is 12.1 Å². The maximum atomic E-state index is 13.7. The molecule has 3 nitrogen and oxygen atoms in total. The van der Waals surface area contributed by atoms with E-state index in [0.29, 0.717) is 0 Å². The number of hydrogen-bond donors (Lipinski definition) is 1. The molecule has 0 radical (unpaired) electrons. The number of imidazole rings is 1. The minimum atomic E-state index is -1.58. The average Bonchev–Trinajstić information content (AvgIpc) is 2.88. The second-order valence-electron chi connectivity index (χ2n) is 4.67. The van der Waals surface area contributed by atoms with Crippen LogP contribution in [0.1, 0.15) is 11.7 Å². The molecule has 6 heteroatoms. The van der Waals surface area contributed by atoms with E-state index < -0.39 is 23.6 Å². The molecule has 1 unspecified atom stereocenters. The van der Waals surface area contributed by atoms with Crippen LogP contribution in [-0.4, -0.2) is 14.7 Å². The standard InChI is InChI=1S/C15H11F3N2O/c16-10-6-5-9(14(17)15(10)18)13(21)7-20-8-19-11-3-1-2-4-12(11)20/h1-6,8,13,21H,7H2. The zero-order chi connectivity index (χ0) is 15.0. The lowest BCUT2D eigenvalue weighted by Crippen LogP contribution is -2.11. The molecule has 1 atom stereocenters. The molecule has 0 saturated carbocycles. The quantitative estimate of drug-likeness (QED) is 0.753. The minimum absolute atomic E-state index is 0.0114. The van der Waals surface area contributed by atoms with Crippen molar-refractivity contribution in [2.45, 2.75) is 12.6 Å². The molecule has 1 N–H and O–H groups in total. The van der Waals surface area contributed by atoms with Gasteiger partial charge in [-0.1, -0.05) is 18.2 Å². The number of aliphatic hydroxyl groups excluding tert-OH is 1. The van der Waals surface area contributed by atoms with Crippen LogP contribution in [0.4, 0.5) is 13.2 Å². The molecule has 0 fully saturated rings. The number of rotatable bonds is 3. The van der Waals surface area contributed by atoms with Crippen LogP contribution >= 0.6 is 0 Å². The monoisotopic (exact) mass is 292 g/mol. The lowest BCUT2D eigenvalue weighted by atomic mass is 10.1. The van der Waals surface area contributed by atoms with Gasteiger partial charge in [-0.05, 0) is 18.2 Å². The summed E-state index contributed by atoms with van der Waals surface area (Å²) >= 11 is 0. The number of hydrogen-bond acceptors (Lipinski definition) is 2. The lowest BCUT2D eigenvalue weighted by Gasteiger charge is -2.14. The third-order valence-electron chi connectivity index (χ3n) is 3.32. The van der Waals surface area contributed by atoms with E-state index in [1.807, 2.05) is 12.1 Å². The van der Waals surface area contributed by atoms with Crippen molar-refractivity contribution in [3.05, 3.63) is 65.7 Å². The molecule has 108 valence electrons. The van der Waals surface area contributed by atoms with Gasteiger partial charge in [-0.25, -0.2) is 18.2 Å². The molecule has 21 heavy (non-hydrogen) atoms. The second kappa shape index (κ2) is 5.21. The number of fused-ring (bicyclic) bond motifs is 1. The summed E-state index contributed by atoms with van der Waals surface area (Å²) in [5.74, 6) is -4.23. The van der Waals surface area contributed by atoms with E-state index in [2.05, 4.69) is 4.98 Å². The fourth-order valence-electron chi connectivity index (χ4n) is 2.24. The van der Waals surface area contributed by atoms with Gasteiger partial charge in [0.15, 0.2) is 17.5 Å². The number of halogens is 3. The summed E-state index contributed by atoms with van der Waals surface area (Å²) in [6.07, 6.45) is 0.198. The first-order valence-electron chi connectivity index (χ1n) is 6.29. The van der Waals surface area contributed by atoms with Crippen molar-refractivity contribution in [1.82, 2.24) is 9.55 Å². The molecular weight excluding hydrogens is 281 g/mol. The summed E-state index contributed by atoms with van der Waals surface area (Å²) in [6.45, 7) is -0.0114. The maximum absolute atomic E-state index is 13.7. The van der Waals surface area contributed by atoms with Gasteiger partial charge in [0.05, 0.1) is 30.0 Å². The molecule has 0 aliphatic heterocycles. The number of nitrogens with zero attached hydrogens (tertiary/aromatic N) is 2. The molecule has 1 aromatic heterocycles. The Bertz CT molecular complexity index is 801. The molecule has 0 aliphatic carbocycles. The Morgan fingerprint density at radius 2 is 1.81 bits per heavy atom. The van der Waals surface area contributed by atoms with Crippen molar-refractivity contribution in [2.75, 3.05) is 0 Å². The van der Waals surface area contributed by atoms with Gasteiger partial charge in [-0.3, -0.25) is 0 Å². The summed E-state index contributed by atoms with van der Waals surface area (Å²) in [5.41, 5.74) is 1.21. The fraction of sp³-hybridized carbons (Fsp3) is 0.133. The smallest absolute Gasteiger partial charge is 0.194 e. The van der Waals surface area contributed by atoms with Gasteiger partial charge in [0.1, 0.15) is 0 Å². The van der Waals surface area contributed by atoms with Crippen molar-refractivity contribution in [2.24, 2.45) is 0 Å². The van der Waals surface area contributed by atoms with Crippen LogP contribution in [0.3, 0.4) is 0 Å². The molecule has 0 amide bonds. The maximum Gasteiger partial charge on any atom is 0.194 e. The van der Waals surface area contributed by atoms with Gasteiger partial charge in [-0.2, -0.15) is 0 Å². The number of para-hydroxylation sites is 2. The second-order valence-corrected chi connectivity index (χ2v) is 4.67. The highest BCUT2D eigenvalue weighted by molar-refractivity contribution is 5.74. The van der Waals surface area contributed by atoms with E-state index in [1.54, 1.807) is 16.7 Å². The summed E-state index contributed by atoms with van der Waals surface area (Å²) < 4.78 is 41.4. The molecular formula is C15H11F3N2O. The Kier molecular flexibility index (Phi) is 3.39. The van der Waals surface area contributed by atoms with E-state index >= 15 is 0 Å². The molecule has 0 saturated heterocycles. The van der Waals surface area contributed by atoms with Crippen LogP contribution < -0.4 is 0 Å². The first-order valence-corrected chi connectivity index (χ1v) is 6.29. The summed E-state index contributed by atoms with van der Waals surface area (Å²) in [6, 6.07) is 9.07. The molecule has 2 aromatic carbocycles. The Labute approximate surface area is 118 Å². The minimum Gasteiger partial charge on any atom is -0.386 e. The van der Waals surface area contributed by atoms with E-state index in [1.165, 1.54) is 6.33 Å². The molecule has 3 aromatic rings. The predicted molar refractivity (Wildman–Crippen MR) is 71.0 cm³/mol. The van der Waals surface area contributed by atoms with Gasteiger partial charge in [-0.15, -0.1) is 0 Å². The van der Waals surface area contributed by atoms with E-state index in [4.69, 9.17) is 0 Å². The van der Waals surface area contributed by atoms with Crippen LogP contribution in [0, 0.1) is 17.5 Å².